The summed E-state index contributed by atoms with van der Waals surface area (Å²) >= 11 is 0. The predicted octanol–water partition coefficient (Wildman–Crippen LogP) is 2.77. The van der Waals surface area contributed by atoms with Gasteiger partial charge >= 0.3 is 0 Å². The van der Waals surface area contributed by atoms with E-state index in [1.165, 1.54) is 18.2 Å². The number of aromatic nitrogens is 2. The first-order valence-electron chi connectivity index (χ1n) is 6.05. The number of halogens is 2. The molecular weight excluding hydrogens is 254 g/mol. The van der Waals surface area contributed by atoms with E-state index in [1.54, 1.807) is 0 Å². The molecule has 0 aliphatic heterocycles. The fourth-order valence-corrected chi connectivity index (χ4v) is 1.73. The first kappa shape index (κ1) is 13.6. The zero-order valence-electron chi connectivity index (χ0n) is 10.4. The van der Waals surface area contributed by atoms with E-state index < -0.39 is 17.7 Å². The van der Waals surface area contributed by atoms with E-state index >= 15 is 0 Å². The molecule has 0 aliphatic carbocycles. The Morgan fingerprint density at radius 3 is 2.63 bits per heavy atom. The van der Waals surface area contributed by atoms with Gasteiger partial charge in [-0.25, -0.2) is 8.78 Å². The summed E-state index contributed by atoms with van der Waals surface area (Å²) in [5.41, 5.74) is -0.123. The second-order valence-electron chi connectivity index (χ2n) is 4.23. The molecule has 1 unspecified atom stereocenters. The van der Waals surface area contributed by atoms with Gasteiger partial charge in [-0.1, -0.05) is 24.6 Å². The van der Waals surface area contributed by atoms with Crippen molar-refractivity contribution in [1.82, 2.24) is 10.1 Å². The Hall–Kier alpha value is -1.82. The van der Waals surface area contributed by atoms with Crippen LogP contribution in [0.3, 0.4) is 0 Å². The van der Waals surface area contributed by atoms with Crippen molar-refractivity contribution in [2.24, 2.45) is 0 Å². The lowest BCUT2D eigenvalue weighted by molar-refractivity contribution is 0.152. The summed E-state index contributed by atoms with van der Waals surface area (Å²) in [4.78, 5) is 3.95. The van der Waals surface area contributed by atoms with Crippen molar-refractivity contribution in [2.45, 2.75) is 32.3 Å². The van der Waals surface area contributed by atoms with Crippen molar-refractivity contribution < 1.29 is 18.4 Å². The van der Waals surface area contributed by atoms with Gasteiger partial charge in [0, 0.05) is 5.56 Å². The van der Waals surface area contributed by atoms with Crippen LogP contribution in [0.25, 0.3) is 0 Å². The smallest absolute Gasteiger partial charge is 0.231 e. The van der Waals surface area contributed by atoms with Crippen LogP contribution in [-0.4, -0.2) is 15.2 Å². The van der Waals surface area contributed by atoms with Gasteiger partial charge in [-0.3, -0.25) is 0 Å². The van der Waals surface area contributed by atoms with Gasteiger partial charge < -0.3 is 9.63 Å². The summed E-state index contributed by atoms with van der Waals surface area (Å²) in [6.45, 7) is 1.92. The first-order chi connectivity index (χ1) is 9.11. The van der Waals surface area contributed by atoms with Crippen LogP contribution in [0.15, 0.2) is 22.7 Å². The third kappa shape index (κ3) is 3.14. The maximum absolute atomic E-state index is 13.4. The summed E-state index contributed by atoms with van der Waals surface area (Å²) < 4.78 is 31.8. The van der Waals surface area contributed by atoms with Crippen molar-refractivity contribution >= 4 is 0 Å². The highest BCUT2D eigenvalue weighted by atomic mass is 19.1. The quantitative estimate of drug-likeness (QED) is 0.905. The molecule has 0 bridgehead atoms. The largest absolute Gasteiger partial charge is 0.385 e. The van der Waals surface area contributed by atoms with Crippen LogP contribution in [0.2, 0.25) is 0 Å². The first-order valence-corrected chi connectivity index (χ1v) is 6.05. The summed E-state index contributed by atoms with van der Waals surface area (Å²) in [5, 5.41) is 13.3. The summed E-state index contributed by atoms with van der Waals surface area (Å²) in [6.07, 6.45) is 0.331. The monoisotopic (exact) mass is 268 g/mol. The summed E-state index contributed by atoms with van der Waals surface area (Å²) in [6, 6.07) is 3.63. The molecule has 19 heavy (non-hydrogen) atoms. The lowest BCUT2D eigenvalue weighted by Crippen LogP contribution is -2.00. The Labute approximate surface area is 109 Å². The SMILES string of the molecule is CCCC(O)c1noc(Cc2c(F)cccc2F)n1. The van der Waals surface area contributed by atoms with Crippen molar-refractivity contribution in [3.8, 4) is 0 Å². The van der Waals surface area contributed by atoms with Crippen molar-refractivity contribution in [3.05, 3.63) is 47.1 Å². The van der Waals surface area contributed by atoms with Crippen LogP contribution >= 0.6 is 0 Å². The fourth-order valence-electron chi connectivity index (χ4n) is 1.73. The molecule has 6 heteroatoms. The Kier molecular flexibility index (Phi) is 4.21. The number of nitrogens with zero attached hydrogens (tertiary/aromatic N) is 2. The zero-order valence-corrected chi connectivity index (χ0v) is 10.4. The number of aliphatic hydroxyl groups excluding tert-OH is 1. The standard InChI is InChI=1S/C13H14F2N2O2/c1-2-4-11(18)13-16-12(19-17-13)7-8-9(14)5-3-6-10(8)15/h3,5-6,11,18H,2,4,7H2,1H3. The van der Waals surface area contributed by atoms with Gasteiger partial charge in [-0.05, 0) is 18.6 Å². The number of hydrogen-bond donors (Lipinski definition) is 1. The highest BCUT2D eigenvalue weighted by molar-refractivity contribution is 5.22. The minimum atomic E-state index is -0.812. The minimum Gasteiger partial charge on any atom is -0.385 e. The fraction of sp³-hybridized carbons (Fsp3) is 0.385. The van der Waals surface area contributed by atoms with E-state index in [9.17, 15) is 13.9 Å². The maximum Gasteiger partial charge on any atom is 0.231 e. The molecule has 0 fully saturated rings. The summed E-state index contributed by atoms with van der Waals surface area (Å²) in [5.74, 6) is -1.09. The second kappa shape index (κ2) is 5.88. The predicted molar refractivity (Wildman–Crippen MR) is 63.3 cm³/mol. The lowest BCUT2D eigenvalue weighted by Gasteiger charge is -2.02. The van der Waals surface area contributed by atoms with Crippen LogP contribution in [0.4, 0.5) is 8.78 Å². The van der Waals surface area contributed by atoms with Crippen LogP contribution in [0, 0.1) is 11.6 Å². The highest BCUT2D eigenvalue weighted by Crippen LogP contribution is 2.19. The molecule has 2 aromatic rings. The van der Waals surface area contributed by atoms with E-state index in [0.29, 0.717) is 6.42 Å². The van der Waals surface area contributed by atoms with Gasteiger partial charge in [0.1, 0.15) is 17.7 Å². The number of rotatable bonds is 5. The molecule has 1 aromatic carbocycles. The number of aliphatic hydroxyl groups is 1. The molecule has 1 atom stereocenters. The molecule has 2 rings (SSSR count). The van der Waals surface area contributed by atoms with E-state index in [1.807, 2.05) is 6.92 Å². The average molecular weight is 268 g/mol. The number of benzene rings is 1. The Morgan fingerprint density at radius 1 is 1.32 bits per heavy atom. The Balaban J connectivity index is 2.16. The van der Waals surface area contributed by atoms with Gasteiger partial charge in [0.15, 0.2) is 5.82 Å². The molecule has 1 heterocycles. The minimum absolute atomic E-state index is 0.0779. The van der Waals surface area contributed by atoms with Crippen LogP contribution in [0.1, 0.15) is 43.1 Å². The van der Waals surface area contributed by atoms with Gasteiger partial charge in [-0.2, -0.15) is 4.98 Å². The molecule has 0 spiro atoms. The van der Waals surface area contributed by atoms with E-state index in [0.717, 1.165) is 6.42 Å². The van der Waals surface area contributed by atoms with Gasteiger partial charge in [0.25, 0.3) is 0 Å². The van der Waals surface area contributed by atoms with Gasteiger partial charge in [-0.15, -0.1) is 0 Å². The normalized spacial score (nSPS) is 12.6. The molecule has 0 amide bonds. The van der Waals surface area contributed by atoms with Gasteiger partial charge in [0.2, 0.25) is 5.89 Å². The van der Waals surface area contributed by atoms with Crippen LogP contribution in [0.5, 0.6) is 0 Å². The molecule has 0 aliphatic rings. The zero-order chi connectivity index (χ0) is 13.8. The molecule has 0 saturated carbocycles. The molecule has 1 aromatic heterocycles. The highest BCUT2D eigenvalue weighted by Gasteiger charge is 2.17. The van der Waals surface area contributed by atoms with Crippen LogP contribution in [-0.2, 0) is 6.42 Å². The maximum atomic E-state index is 13.4. The van der Waals surface area contributed by atoms with E-state index in [-0.39, 0.29) is 23.7 Å². The second-order valence-corrected chi connectivity index (χ2v) is 4.23. The molecule has 1 N–H and O–H groups in total. The molecule has 102 valence electrons. The summed E-state index contributed by atoms with van der Waals surface area (Å²) in [7, 11) is 0. The van der Waals surface area contributed by atoms with Crippen molar-refractivity contribution in [2.75, 3.05) is 0 Å². The Bertz CT molecular complexity index is 537. The third-order valence-electron chi connectivity index (χ3n) is 2.73. The molecule has 4 nitrogen and oxygen atoms in total. The molecular formula is C13H14F2N2O2. The van der Waals surface area contributed by atoms with E-state index in [2.05, 4.69) is 10.1 Å². The number of hydrogen-bond acceptors (Lipinski definition) is 4. The molecule has 0 radical (unpaired) electrons. The average Bonchev–Trinajstić information content (AvgIpc) is 2.83. The Morgan fingerprint density at radius 2 is 2.00 bits per heavy atom. The topological polar surface area (TPSA) is 59.2 Å². The van der Waals surface area contributed by atoms with Crippen molar-refractivity contribution in [3.63, 3.8) is 0 Å². The molecule has 0 saturated heterocycles. The van der Waals surface area contributed by atoms with Crippen LogP contribution < -0.4 is 0 Å². The van der Waals surface area contributed by atoms with Gasteiger partial charge in [0.05, 0.1) is 6.42 Å². The van der Waals surface area contributed by atoms with E-state index in [4.69, 9.17) is 4.52 Å². The lowest BCUT2D eigenvalue weighted by atomic mass is 10.1. The van der Waals surface area contributed by atoms with Crippen molar-refractivity contribution in [1.29, 1.82) is 0 Å². The third-order valence-corrected chi connectivity index (χ3v) is 2.73.